The molecule has 0 radical (unpaired) electrons. The number of para-hydroxylation sites is 1. The molecule has 0 saturated heterocycles. The number of rotatable bonds is 6. The number of aliphatic imine (C=N–C) groups is 1. The number of benzene rings is 1. The molecule has 4 nitrogen and oxygen atoms in total. The predicted octanol–water partition coefficient (Wildman–Crippen LogP) is 2.69. The molecule has 1 aliphatic heterocycles. The zero-order chi connectivity index (χ0) is 15.1. The largest absolute Gasteiger partial charge is 0.380 e. The lowest BCUT2D eigenvalue weighted by Gasteiger charge is -2.22. The zero-order valence-electron chi connectivity index (χ0n) is 13.4. The van der Waals surface area contributed by atoms with Crippen LogP contribution < -0.4 is 10.2 Å². The van der Waals surface area contributed by atoms with Gasteiger partial charge in [-0.15, -0.1) is 0 Å². The average Bonchev–Trinajstić information content (AvgIpc) is 2.90. The van der Waals surface area contributed by atoms with Crippen LogP contribution in [0, 0.1) is 5.92 Å². The molecule has 116 valence electrons. The van der Waals surface area contributed by atoms with Crippen LogP contribution in [0.25, 0.3) is 0 Å². The fourth-order valence-electron chi connectivity index (χ4n) is 2.51. The number of nitrogens with zero attached hydrogens (tertiary/aromatic N) is 2. The first-order chi connectivity index (χ1) is 10.2. The molecule has 21 heavy (non-hydrogen) atoms. The lowest BCUT2D eigenvalue weighted by atomic mass is 10.1. The van der Waals surface area contributed by atoms with E-state index in [1.165, 1.54) is 11.3 Å². The molecule has 2 rings (SSSR count). The third kappa shape index (κ3) is 4.46. The standard InChI is InChI=1S/C17H27N3O/c1-14(2)9-12-21-13-10-19-17(18-3)20-11-8-15-6-4-5-7-16(15)20/h4-7,14H,8-13H2,1-3H3,(H,18,19). The summed E-state index contributed by atoms with van der Waals surface area (Å²) in [5, 5.41) is 3.39. The first-order valence-electron chi connectivity index (χ1n) is 7.86. The van der Waals surface area contributed by atoms with E-state index in [1.54, 1.807) is 0 Å². The summed E-state index contributed by atoms with van der Waals surface area (Å²) in [5.74, 6) is 1.64. The Morgan fingerprint density at radius 3 is 2.90 bits per heavy atom. The molecule has 0 aromatic heterocycles. The maximum atomic E-state index is 5.64. The predicted molar refractivity (Wildman–Crippen MR) is 89.1 cm³/mol. The van der Waals surface area contributed by atoms with Crippen molar-refractivity contribution < 1.29 is 4.74 Å². The Kier molecular flexibility index (Phi) is 6.05. The van der Waals surface area contributed by atoms with E-state index in [0.717, 1.165) is 45.1 Å². The Morgan fingerprint density at radius 2 is 2.14 bits per heavy atom. The van der Waals surface area contributed by atoms with Gasteiger partial charge in [0.2, 0.25) is 0 Å². The SMILES string of the molecule is CN=C(NCCOCCC(C)C)N1CCc2ccccc21. The van der Waals surface area contributed by atoms with E-state index in [1.807, 2.05) is 7.05 Å². The second-order valence-corrected chi connectivity index (χ2v) is 5.80. The van der Waals surface area contributed by atoms with E-state index < -0.39 is 0 Å². The molecule has 1 N–H and O–H groups in total. The van der Waals surface area contributed by atoms with E-state index in [4.69, 9.17) is 4.74 Å². The van der Waals surface area contributed by atoms with Crippen LogP contribution in [0.2, 0.25) is 0 Å². The monoisotopic (exact) mass is 289 g/mol. The van der Waals surface area contributed by atoms with Gasteiger partial charge in [-0.1, -0.05) is 32.0 Å². The van der Waals surface area contributed by atoms with Crippen LogP contribution in [-0.2, 0) is 11.2 Å². The summed E-state index contributed by atoms with van der Waals surface area (Å²) in [4.78, 5) is 6.64. The van der Waals surface area contributed by atoms with Crippen LogP contribution in [0.15, 0.2) is 29.3 Å². The summed E-state index contributed by atoms with van der Waals surface area (Å²) in [7, 11) is 1.84. The van der Waals surface area contributed by atoms with Crippen molar-refractivity contribution in [3.8, 4) is 0 Å². The van der Waals surface area contributed by atoms with Gasteiger partial charge in [-0.3, -0.25) is 4.99 Å². The maximum absolute atomic E-state index is 5.64. The quantitative estimate of drug-likeness (QED) is 0.497. The number of hydrogen-bond donors (Lipinski definition) is 1. The lowest BCUT2D eigenvalue weighted by molar-refractivity contribution is 0.128. The van der Waals surface area contributed by atoms with Crippen molar-refractivity contribution in [3.63, 3.8) is 0 Å². The summed E-state index contributed by atoms with van der Waals surface area (Å²) in [6.07, 6.45) is 2.20. The van der Waals surface area contributed by atoms with Crippen LogP contribution in [0.5, 0.6) is 0 Å². The minimum Gasteiger partial charge on any atom is -0.380 e. The summed E-state index contributed by atoms with van der Waals surface area (Å²) in [6, 6.07) is 8.53. The molecule has 0 unspecified atom stereocenters. The van der Waals surface area contributed by atoms with E-state index in [0.29, 0.717) is 5.92 Å². The summed E-state index contributed by atoms with van der Waals surface area (Å²) < 4.78 is 5.64. The Bertz CT molecular complexity index is 471. The summed E-state index contributed by atoms with van der Waals surface area (Å²) >= 11 is 0. The molecule has 0 atom stereocenters. The fraction of sp³-hybridized carbons (Fsp3) is 0.588. The zero-order valence-corrected chi connectivity index (χ0v) is 13.4. The normalized spacial score (nSPS) is 14.7. The first kappa shape index (κ1) is 15.8. The molecule has 1 heterocycles. The fourth-order valence-corrected chi connectivity index (χ4v) is 2.51. The number of guanidine groups is 1. The Hall–Kier alpha value is -1.55. The Balaban J connectivity index is 1.77. The van der Waals surface area contributed by atoms with E-state index in [2.05, 4.69) is 53.3 Å². The third-order valence-corrected chi connectivity index (χ3v) is 3.72. The van der Waals surface area contributed by atoms with Crippen LogP contribution in [-0.4, -0.2) is 39.3 Å². The Morgan fingerprint density at radius 1 is 1.33 bits per heavy atom. The van der Waals surface area contributed by atoms with Gasteiger partial charge in [0, 0.05) is 32.4 Å². The molecule has 1 aliphatic rings. The van der Waals surface area contributed by atoms with Crippen molar-refractivity contribution in [1.82, 2.24) is 5.32 Å². The van der Waals surface area contributed by atoms with Gasteiger partial charge in [0.1, 0.15) is 0 Å². The third-order valence-electron chi connectivity index (χ3n) is 3.72. The van der Waals surface area contributed by atoms with Crippen molar-refractivity contribution in [2.75, 3.05) is 38.3 Å². The molecular weight excluding hydrogens is 262 g/mol. The number of fused-ring (bicyclic) bond motifs is 1. The van der Waals surface area contributed by atoms with E-state index in [9.17, 15) is 0 Å². The molecule has 4 heteroatoms. The molecule has 0 amide bonds. The topological polar surface area (TPSA) is 36.9 Å². The van der Waals surface area contributed by atoms with Gasteiger partial charge >= 0.3 is 0 Å². The molecule has 0 bridgehead atoms. The highest BCUT2D eigenvalue weighted by Crippen LogP contribution is 2.27. The molecule has 1 aromatic rings. The number of anilines is 1. The van der Waals surface area contributed by atoms with E-state index >= 15 is 0 Å². The van der Waals surface area contributed by atoms with Crippen LogP contribution >= 0.6 is 0 Å². The van der Waals surface area contributed by atoms with Gasteiger partial charge in [0.15, 0.2) is 5.96 Å². The summed E-state index contributed by atoms with van der Waals surface area (Å²) in [6.45, 7) is 7.78. The van der Waals surface area contributed by atoms with Gasteiger partial charge in [-0.2, -0.15) is 0 Å². The van der Waals surface area contributed by atoms with E-state index in [-0.39, 0.29) is 0 Å². The van der Waals surface area contributed by atoms with Gasteiger partial charge in [-0.25, -0.2) is 0 Å². The number of nitrogens with one attached hydrogen (secondary N) is 1. The summed E-state index contributed by atoms with van der Waals surface area (Å²) in [5.41, 5.74) is 2.67. The van der Waals surface area contributed by atoms with Crippen LogP contribution in [0.1, 0.15) is 25.8 Å². The lowest BCUT2D eigenvalue weighted by Crippen LogP contribution is -2.41. The van der Waals surface area contributed by atoms with Gasteiger partial charge < -0.3 is 15.0 Å². The van der Waals surface area contributed by atoms with Crippen molar-refractivity contribution in [2.45, 2.75) is 26.7 Å². The number of ether oxygens (including phenoxy) is 1. The Labute approximate surface area is 128 Å². The second kappa shape index (κ2) is 8.03. The highest BCUT2D eigenvalue weighted by atomic mass is 16.5. The highest BCUT2D eigenvalue weighted by Gasteiger charge is 2.21. The highest BCUT2D eigenvalue weighted by molar-refractivity contribution is 5.97. The smallest absolute Gasteiger partial charge is 0.198 e. The van der Waals surface area contributed by atoms with Gasteiger partial charge in [0.05, 0.1) is 6.61 Å². The molecule has 1 aromatic carbocycles. The second-order valence-electron chi connectivity index (χ2n) is 5.80. The van der Waals surface area contributed by atoms with Gasteiger partial charge in [0.25, 0.3) is 0 Å². The first-order valence-corrected chi connectivity index (χ1v) is 7.86. The average molecular weight is 289 g/mol. The van der Waals surface area contributed by atoms with Gasteiger partial charge in [-0.05, 0) is 30.4 Å². The number of hydrogen-bond acceptors (Lipinski definition) is 2. The molecule has 0 spiro atoms. The molecule has 0 aliphatic carbocycles. The molecule has 0 saturated carbocycles. The minimum atomic E-state index is 0.701. The molecule has 0 fully saturated rings. The van der Waals surface area contributed by atoms with Crippen LogP contribution in [0.4, 0.5) is 5.69 Å². The van der Waals surface area contributed by atoms with Crippen molar-refractivity contribution >= 4 is 11.6 Å². The van der Waals surface area contributed by atoms with Crippen molar-refractivity contribution in [1.29, 1.82) is 0 Å². The van der Waals surface area contributed by atoms with Crippen molar-refractivity contribution in [2.24, 2.45) is 10.9 Å². The van der Waals surface area contributed by atoms with Crippen molar-refractivity contribution in [3.05, 3.63) is 29.8 Å². The van der Waals surface area contributed by atoms with Crippen LogP contribution in [0.3, 0.4) is 0 Å². The molecular formula is C17H27N3O. The maximum Gasteiger partial charge on any atom is 0.198 e. The minimum absolute atomic E-state index is 0.701.